The van der Waals surface area contributed by atoms with E-state index in [1.807, 2.05) is 46.9 Å². The molecule has 0 aliphatic rings. The monoisotopic (exact) mass is 1070 g/mol. The van der Waals surface area contributed by atoms with Gasteiger partial charge in [0.15, 0.2) is 0 Å². The Labute approximate surface area is 466 Å². The van der Waals surface area contributed by atoms with E-state index >= 15 is 0 Å². The second kappa shape index (κ2) is 16.1. The van der Waals surface area contributed by atoms with E-state index in [0.29, 0.717) is 0 Å². The van der Waals surface area contributed by atoms with Gasteiger partial charge in [0.25, 0.3) is 0 Å². The van der Waals surface area contributed by atoms with Crippen LogP contribution in [-0.4, -0.2) is 0 Å². The van der Waals surface area contributed by atoms with Crippen LogP contribution >= 0.6 is 22.7 Å². The SMILES string of the molecule is c1ccc2c(c1)oc1cc(N(c3ccc4c(c3)oc3cc5c(cc34)oc3cc4c(cc35)oc3cc(N(c5ccc6c(c5)oc5ccccc56)c5cccc6c5sc5ccccc56)ccc34)c3cccc4c3sc3ccccc34)ccc12. The molecule has 0 fully saturated rings. The van der Waals surface area contributed by atoms with E-state index in [0.717, 1.165) is 144 Å². The number of hydrogen-bond donors (Lipinski definition) is 0. The van der Waals surface area contributed by atoms with E-state index in [-0.39, 0.29) is 0 Å². The molecular weight excluding hydrogens is 1040 g/mol. The summed E-state index contributed by atoms with van der Waals surface area (Å²) in [6.07, 6.45) is 0. The fraction of sp³-hybridized carbons (Fsp3) is 0. The van der Waals surface area contributed by atoms with Gasteiger partial charge in [0.1, 0.15) is 55.8 Å². The Morgan fingerprint density at radius 2 is 0.494 bits per heavy atom. The van der Waals surface area contributed by atoms with E-state index in [2.05, 4.69) is 216 Å². The van der Waals surface area contributed by atoms with Gasteiger partial charge in [-0.1, -0.05) is 97.1 Å². The van der Waals surface area contributed by atoms with Crippen molar-refractivity contribution in [2.24, 2.45) is 0 Å². The maximum Gasteiger partial charge on any atom is 0.137 e. The topological polar surface area (TPSA) is 72.2 Å². The Morgan fingerprint density at radius 3 is 0.889 bits per heavy atom. The van der Waals surface area contributed by atoms with Crippen molar-refractivity contribution in [3.05, 3.63) is 231 Å². The molecule has 19 rings (SSSR count). The van der Waals surface area contributed by atoms with Gasteiger partial charge >= 0.3 is 0 Å². The molecule has 7 heterocycles. The smallest absolute Gasteiger partial charge is 0.137 e. The van der Waals surface area contributed by atoms with Gasteiger partial charge < -0.3 is 31.9 Å². The third-order valence-electron chi connectivity index (χ3n) is 16.6. The Morgan fingerprint density at radius 1 is 0.210 bits per heavy atom. The van der Waals surface area contributed by atoms with Gasteiger partial charge in [0, 0.05) is 132 Å². The van der Waals surface area contributed by atoms with Crippen LogP contribution in [-0.2, 0) is 0 Å². The molecule has 378 valence electrons. The molecule has 0 saturated heterocycles. The summed E-state index contributed by atoms with van der Waals surface area (Å²) < 4.78 is 38.5. The van der Waals surface area contributed by atoms with Crippen LogP contribution in [0.3, 0.4) is 0 Å². The van der Waals surface area contributed by atoms with Crippen molar-refractivity contribution in [2.45, 2.75) is 0 Å². The first-order valence-electron chi connectivity index (χ1n) is 27.0. The normalized spacial score (nSPS) is 12.4. The summed E-state index contributed by atoms with van der Waals surface area (Å²) in [5, 5.41) is 15.2. The van der Waals surface area contributed by atoms with Crippen molar-refractivity contribution in [3.8, 4) is 0 Å². The molecule has 0 amide bonds. The Balaban J connectivity index is 0.740. The largest absolute Gasteiger partial charge is 0.456 e. The molecule has 7 aromatic heterocycles. The van der Waals surface area contributed by atoms with Crippen LogP contribution in [0.5, 0.6) is 0 Å². The van der Waals surface area contributed by atoms with Gasteiger partial charge in [-0.3, -0.25) is 0 Å². The van der Waals surface area contributed by atoms with Crippen LogP contribution in [0.1, 0.15) is 0 Å². The van der Waals surface area contributed by atoms with E-state index < -0.39 is 0 Å². The Bertz CT molecular complexity index is 5540. The molecule has 0 bridgehead atoms. The predicted octanol–water partition coefficient (Wildman–Crippen LogP) is 22.9. The number of nitrogens with zero attached hydrogens (tertiary/aromatic N) is 2. The molecule has 9 heteroatoms. The van der Waals surface area contributed by atoms with Crippen molar-refractivity contribution in [3.63, 3.8) is 0 Å². The molecule has 0 spiro atoms. The molecule has 0 N–H and O–H groups in total. The minimum atomic E-state index is 0.781. The highest BCUT2D eigenvalue weighted by atomic mass is 32.1. The highest BCUT2D eigenvalue weighted by Gasteiger charge is 2.25. The van der Waals surface area contributed by atoms with Gasteiger partial charge in [-0.2, -0.15) is 0 Å². The molecule has 0 aliphatic heterocycles. The Hall–Kier alpha value is -10.3. The predicted molar refractivity (Wildman–Crippen MR) is 338 cm³/mol. The average Bonchev–Trinajstić information content (AvgIpc) is 4.57. The summed E-state index contributed by atoms with van der Waals surface area (Å²) in [6.45, 7) is 0. The van der Waals surface area contributed by atoms with Gasteiger partial charge in [0.2, 0.25) is 0 Å². The number of rotatable bonds is 6. The number of fused-ring (bicyclic) bond motifs is 21. The van der Waals surface area contributed by atoms with Crippen LogP contribution < -0.4 is 9.80 Å². The third-order valence-corrected chi connectivity index (χ3v) is 19.0. The quantitative estimate of drug-likeness (QED) is 0.164. The lowest BCUT2D eigenvalue weighted by atomic mass is 10.1. The second-order valence-corrected chi connectivity index (χ2v) is 23.2. The van der Waals surface area contributed by atoms with Gasteiger partial charge in [-0.15, -0.1) is 22.7 Å². The minimum absolute atomic E-state index is 0.781. The number of para-hydroxylation sites is 2. The third kappa shape index (κ3) is 6.27. The summed E-state index contributed by atoms with van der Waals surface area (Å²) in [5.41, 5.74) is 14.2. The molecule has 81 heavy (non-hydrogen) atoms. The van der Waals surface area contributed by atoms with Crippen LogP contribution in [0.15, 0.2) is 253 Å². The van der Waals surface area contributed by atoms with Crippen molar-refractivity contribution in [2.75, 3.05) is 9.80 Å². The molecular formula is C72H38N2O5S2. The minimum Gasteiger partial charge on any atom is -0.456 e. The lowest BCUT2D eigenvalue weighted by molar-refractivity contribution is 0.662. The fourth-order valence-electron chi connectivity index (χ4n) is 12.9. The lowest BCUT2D eigenvalue weighted by Crippen LogP contribution is -2.09. The fourth-order valence-corrected chi connectivity index (χ4v) is 15.4. The van der Waals surface area contributed by atoms with E-state index in [1.165, 1.54) is 40.3 Å². The summed E-state index contributed by atoms with van der Waals surface area (Å²) in [4.78, 5) is 4.67. The zero-order valence-corrected chi connectivity index (χ0v) is 44.3. The lowest BCUT2D eigenvalue weighted by Gasteiger charge is -2.26. The number of hydrogen-bond acceptors (Lipinski definition) is 9. The first-order chi connectivity index (χ1) is 40.1. The van der Waals surface area contributed by atoms with Crippen LogP contribution in [0.25, 0.3) is 150 Å². The van der Waals surface area contributed by atoms with Crippen LogP contribution in [0, 0.1) is 0 Å². The van der Waals surface area contributed by atoms with E-state index in [9.17, 15) is 0 Å². The number of anilines is 6. The number of thiophene rings is 2. The summed E-state index contributed by atoms with van der Waals surface area (Å²) in [6, 6.07) is 81.6. The maximum absolute atomic E-state index is 6.90. The van der Waals surface area contributed by atoms with Crippen molar-refractivity contribution < 1.29 is 22.1 Å². The molecule has 12 aromatic carbocycles. The molecule has 0 atom stereocenters. The Kier molecular flexibility index (Phi) is 8.70. The van der Waals surface area contributed by atoms with Gasteiger partial charge in [-0.25, -0.2) is 0 Å². The van der Waals surface area contributed by atoms with Crippen molar-refractivity contribution in [1.29, 1.82) is 0 Å². The van der Waals surface area contributed by atoms with Gasteiger partial charge in [0.05, 0.1) is 20.8 Å². The summed E-state index contributed by atoms with van der Waals surface area (Å²) in [7, 11) is 0. The number of furan rings is 5. The van der Waals surface area contributed by atoms with Crippen LogP contribution in [0.2, 0.25) is 0 Å². The zero-order valence-electron chi connectivity index (χ0n) is 42.7. The second-order valence-electron chi connectivity index (χ2n) is 21.1. The van der Waals surface area contributed by atoms with Crippen molar-refractivity contribution in [1.82, 2.24) is 0 Å². The standard InChI is InChI=1S/C72H38N2O5S2/c1-5-19-59-43(11-1)45-27-23-39(31-61(45)75-59)73(57-17-9-15-51-49-13-3-7-21-69(49)80-71(51)57)41-25-29-47-53-35-67-55(37-65(53)77-63(47)33-41)56-38-66-54(36-68(56)79-67)48-30-26-42(34-64(48)78-66)74(40-24-28-46-44-12-2-6-20-60(44)76-62(46)32-40)58-18-10-16-52-50-14-4-8-22-70(50)81-72(52)58/h1-38H. The maximum atomic E-state index is 6.90. The van der Waals surface area contributed by atoms with Gasteiger partial charge in [-0.05, 0) is 109 Å². The zero-order chi connectivity index (χ0) is 52.6. The summed E-state index contributed by atoms with van der Waals surface area (Å²) in [5.74, 6) is 0. The molecule has 0 radical (unpaired) electrons. The van der Waals surface area contributed by atoms with Crippen molar-refractivity contribution >= 4 is 207 Å². The first-order valence-corrected chi connectivity index (χ1v) is 28.6. The van der Waals surface area contributed by atoms with E-state index in [4.69, 9.17) is 22.1 Å². The molecule has 0 aliphatic carbocycles. The molecule has 0 unspecified atom stereocenters. The highest BCUT2D eigenvalue weighted by molar-refractivity contribution is 7.26. The molecule has 7 nitrogen and oxygen atoms in total. The number of benzene rings is 12. The molecule has 0 saturated carbocycles. The van der Waals surface area contributed by atoms with Crippen LogP contribution in [0.4, 0.5) is 34.1 Å². The highest BCUT2D eigenvalue weighted by Crippen LogP contribution is 2.50. The molecule has 19 aromatic rings. The van der Waals surface area contributed by atoms with E-state index in [1.54, 1.807) is 0 Å². The summed E-state index contributed by atoms with van der Waals surface area (Å²) >= 11 is 3.63. The average molecular weight is 1080 g/mol. The first kappa shape index (κ1) is 43.6.